The normalized spacial score (nSPS) is 16.1. The van der Waals surface area contributed by atoms with E-state index in [1.165, 1.54) is 12.1 Å². The molecule has 12 nitrogen and oxygen atoms in total. The molecule has 2 aromatic carbocycles. The number of piperazine rings is 1. The molecule has 47 heavy (non-hydrogen) atoms. The fourth-order valence-corrected chi connectivity index (χ4v) is 5.79. The van der Waals surface area contributed by atoms with E-state index in [-0.39, 0.29) is 29.6 Å². The first-order valence-electron chi connectivity index (χ1n) is 15.7. The molecule has 4 amide bonds. The van der Waals surface area contributed by atoms with Crippen molar-refractivity contribution >= 4 is 40.9 Å². The van der Waals surface area contributed by atoms with Crippen molar-refractivity contribution in [1.82, 2.24) is 30.7 Å². The summed E-state index contributed by atoms with van der Waals surface area (Å²) in [6.45, 7) is 9.42. The maximum atomic E-state index is 15.7. The van der Waals surface area contributed by atoms with E-state index in [2.05, 4.69) is 31.2 Å². The Hall–Kier alpha value is -4.36. The first-order valence-corrected chi connectivity index (χ1v) is 16.1. The van der Waals surface area contributed by atoms with Crippen LogP contribution in [0.15, 0.2) is 47.1 Å². The topological polar surface area (TPSA) is 150 Å². The van der Waals surface area contributed by atoms with Gasteiger partial charge in [0.15, 0.2) is 5.69 Å². The Morgan fingerprint density at radius 2 is 1.66 bits per heavy atom. The summed E-state index contributed by atoms with van der Waals surface area (Å²) in [5.74, 6) is -3.86. The summed E-state index contributed by atoms with van der Waals surface area (Å²) >= 11 is 6.43. The molecular weight excluding hydrogens is 629 g/mol. The lowest BCUT2D eigenvalue weighted by molar-refractivity contribution is -0.138. The lowest BCUT2D eigenvalue weighted by atomic mass is 9.91. The van der Waals surface area contributed by atoms with Gasteiger partial charge in [-0.1, -0.05) is 68.7 Å². The summed E-state index contributed by atoms with van der Waals surface area (Å²) in [6, 6.07) is 9.05. The summed E-state index contributed by atoms with van der Waals surface area (Å²) in [5.41, 5.74) is 1.19. The number of anilines is 1. The largest absolute Gasteiger partial charge is 0.344 e. The summed E-state index contributed by atoms with van der Waals surface area (Å²) in [5, 5.41) is 15.9. The molecular formula is C33H41ClFN7O5. The highest BCUT2D eigenvalue weighted by molar-refractivity contribution is 6.31. The number of nitrogens with one attached hydrogen (secondary N) is 3. The number of aryl methyl sites for hydroxylation is 1. The Bertz CT molecular complexity index is 1590. The van der Waals surface area contributed by atoms with Crippen molar-refractivity contribution < 1.29 is 28.2 Å². The van der Waals surface area contributed by atoms with Gasteiger partial charge in [-0.2, -0.15) is 0 Å². The van der Waals surface area contributed by atoms with E-state index in [9.17, 15) is 19.2 Å². The predicted octanol–water partition coefficient (Wildman–Crippen LogP) is 3.74. The van der Waals surface area contributed by atoms with Crippen LogP contribution in [0.25, 0.3) is 0 Å². The van der Waals surface area contributed by atoms with Gasteiger partial charge >= 0.3 is 0 Å². The van der Waals surface area contributed by atoms with E-state index in [0.717, 1.165) is 0 Å². The second kappa shape index (κ2) is 16.0. The van der Waals surface area contributed by atoms with Crippen LogP contribution in [0.4, 0.5) is 10.1 Å². The Labute approximate surface area is 278 Å². The molecule has 0 aliphatic carbocycles. The molecule has 4 rings (SSSR count). The Kier molecular flexibility index (Phi) is 12.1. The number of benzene rings is 2. The molecule has 14 heteroatoms. The number of hydrogen-bond acceptors (Lipinski definition) is 8. The molecule has 4 atom stereocenters. The van der Waals surface area contributed by atoms with Crippen LogP contribution in [0, 0.1) is 5.82 Å². The number of likely N-dealkylation sites (N-methyl/N-ethyl adjacent to an activating group) is 1. The molecule has 1 fully saturated rings. The number of nitrogens with zero attached hydrogens (tertiary/aromatic N) is 4. The predicted molar refractivity (Wildman–Crippen MR) is 175 cm³/mol. The molecule has 0 bridgehead atoms. The number of aromatic nitrogens is 2. The number of halogens is 2. The molecule has 3 N–H and O–H groups in total. The van der Waals surface area contributed by atoms with Crippen molar-refractivity contribution in [3.05, 3.63) is 75.8 Å². The second-order valence-electron chi connectivity index (χ2n) is 11.7. The summed E-state index contributed by atoms with van der Waals surface area (Å²) in [4.78, 5) is 56.7. The highest BCUT2D eigenvalue weighted by atomic mass is 35.5. The van der Waals surface area contributed by atoms with Crippen LogP contribution >= 0.6 is 11.6 Å². The SMILES string of the molecule is CCC(=O)N[C@@H](C(=O)N1CCN(C)CC1)[C@@H](C)c1ccc(NC(=O)C(NC(=O)c2nonc2CC)C(C)c2ccccc2Cl)c(F)c1. The number of carbonyl (C=O) groups is 4. The third-order valence-electron chi connectivity index (χ3n) is 8.57. The standard InChI is InChI=1S/C33H41ClFN7O5/c1-6-25-30(40-47-39-25)32(45)38-28(20(4)22-10-8-9-11-23(22)34)31(44)36-26-13-12-21(18-24(26)35)19(3)29(37-27(43)7-2)33(46)42-16-14-41(5)15-17-42/h8-13,18-20,28-29H,6-7,14-17H2,1-5H3,(H,36,44)(H,37,43)(H,38,45)/t19-,20?,28?,29+/m0/s1. The Balaban J connectivity index is 1.57. The minimum absolute atomic E-state index is 0.0583. The van der Waals surface area contributed by atoms with E-state index in [1.54, 1.807) is 62.9 Å². The highest BCUT2D eigenvalue weighted by Gasteiger charge is 2.34. The molecule has 1 saturated heterocycles. The lowest BCUT2D eigenvalue weighted by Crippen LogP contribution is -2.55. The summed E-state index contributed by atoms with van der Waals surface area (Å²) in [6.07, 6.45) is 0.568. The van der Waals surface area contributed by atoms with Crippen LogP contribution in [0.5, 0.6) is 0 Å². The van der Waals surface area contributed by atoms with Gasteiger partial charge in [0.1, 0.15) is 23.6 Å². The van der Waals surface area contributed by atoms with Gasteiger partial charge in [-0.3, -0.25) is 19.2 Å². The van der Waals surface area contributed by atoms with Crippen molar-refractivity contribution in [2.24, 2.45) is 0 Å². The van der Waals surface area contributed by atoms with Gasteiger partial charge in [-0.05, 0) is 48.0 Å². The first-order chi connectivity index (χ1) is 22.4. The number of hydrogen-bond donors (Lipinski definition) is 3. The van der Waals surface area contributed by atoms with Gasteiger partial charge in [-0.15, -0.1) is 0 Å². The molecule has 1 aliphatic rings. The average Bonchev–Trinajstić information content (AvgIpc) is 3.56. The monoisotopic (exact) mass is 669 g/mol. The zero-order chi connectivity index (χ0) is 34.2. The molecule has 2 unspecified atom stereocenters. The van der Waals surface area contributed by atoms with Crippen molar-refractivity contribution in [2.45, 2.75) is 64.5 Å². The summed E-state index contributed by atoms with van der Waals surface area (Å²) in [7, 11) is 1.98. The van der Waals surface area contributed by atoms with Gasteiger partial charge in [0.25, 0.3) is 5.91 Å². The highest BCUT2D eigenvalue weighted by Crippen LogP contribution is 2.29. The molecule has 3 aromatic rings. The van der Waals surface area contributed by atoms with Crippen molar-refractivity contribution in [1.29, 1.82) is 0 Å². The van der Waals surface area contributed by atoms with Gasteiger partial charge in [0, 0.05) is 49.5 Å². The fourth-order valence-electron chi connectivity index (χ4n) is 5.48. The lowest BCUT2D eigenvalue weighted by Gasteiger charge is -2.36. The van der Waals surface area contributed by atoms with Gasteiger partial charge in [0.2, 0.25) is 17.7 Å². The minimum Gasteiger partial charge on any atom is -0.344 e. The Morgan fingerprint density at radius 3 is 2.30 bits per heavy atom. The molecule has 1 aliphatic heterocycles. The molecule has 1 aromatic heterocycles. The van der Waals surface area contributed by atoms with Gasteiger partial charge in [0.05, 0.1) is 5.69 Å². The average molecular weight is 670 g/mol. The third kappa shape index (κ3) is 8.52. The van der Waals surface area contributed by atoms with Crippen LogP contribution in [0.2, 0.25) is 5.02 Å². The first kappa shape index (κ1) is 35.5. The van der Waals surface area contributed by atoms with Crippen LogP contribution in [-0.2, 0) is 20.8 Å². The molecule has 2 heterocycles. The zero-order valence-corrected chi connectivity index (χ0v) is 27.9. The van der Waals surface area contributed by atoms with Crippen LogP contribution in [0.3, 0.4) is 0 Å². The van der Waals surface area contributed by atoms with Crippen molar-refractivity contribution in [3.63, 3.8) is 0 Å². The van der Waals surface area contributed by atoms with E-state index >= 15 is 4.39 Å². The maximum Gasteiger partial charge on any atom is 0.276 e. The van der Waals surface area contributed by atoms with E-state index in [4.69, 9.17) is 16.2 Å². The smallest absolute Gasteiger partial charge is 0.276 e. The number of amides is 4. The quantitative estimate of drug-likeness (QED) is 0.264. The number of rotatable bonds is 12. The van der Waals surface area contributed by atoms with Crippen LogP contribution in [-0.4, -0.2) is 89.1 Å². The maximum absolute atomic E-state index is 15.7. The molecule has 0 radical (unpaired) electrons. The summed E-state index contributed by atoms with van der Waals surface area (Å²) < 4.78 is 20.4. The van der Waals surface area contributed by atoms with Crippen molar-refractivity contribution in [3.8, 4) is 0 Å². The second-order valence-corrected chi connectivity index (χ2v) is 12.1. The van der Waals surface area contributed by atoms with E-state index in [0.29, 0.717) is 54.4 Å². The fraction of sp³-hybridized carbons (Fsp3) is 0.455. The third-order valence-corrected chi connectivity index (χ3v) is 8.91. The zero-order valence-electron chi connectivity index (χ0n) is 27.2. The van der Waals surface area contributed by atoms with E-state index in [1.807, 2.05) is 7.05 Å². The Morgan fingerprint density at radius 1 is 0.957 bits per heavy atom. The molecule has 252 valence electrons. The van der Waals surface area contributed by atoms with Gasteiger partial charge in [-0.25, -0.2) is 9.02 Å². The molecule has 0 saturated carbocycles. The van der Waals surface area contributed by atoms with Gasteiger partial charge < -0.3 is 25.8 Å². The van der Waals surface area contributed by atoms with E-state index < -0.39 is 41.6 Å². The van der Waals surface area contributed by atoms with Crippen LogP contribution in [0.1, 0.15) is 73.3 Å². The van der Waals surface area contributed by atoms with Crippen LogP contribution < -0.4 is 16.0 Å². The number of carbonyl (C=O) groups excluding carboxylic acids is 4. The molecule has 0 spiro atoms. The van der Waals surface area contributed by atoms with Crippen molar-refractivity contribution in [2.75, 3.05) is 38.5 Å². The minimum atomic E-state index is -1.20.